The Labute approximate surface area is 105 Å². The van der Waals surface area contributed by atoms with Gasteiger partial charge in [-0.2, -0.15) is 0 Å². The van der Waals surface area contributed by atoms with Gasteiger partial charge in [0.1, 0.15) is 0 Å². The maximum atomic E-state index is 9.41. The molecule has 0 amide bonds. The number of hydrogen-bond acceptors (Lipinski definition) is 3. The summed E-state index contributed by atoms with van der Waals surface area (Å²) in [6, 6.07) is 0.434. The molecule has 1 aliphatic carbocycles. The van der Waals surface area contributed by atoms with E-state index in [4.69, 9.17) is 4.74 Å². The number of piperidine rings is 1. The molecular weight excluding hydrogens is 214 g/mol. The van der Waals surface area contributed by atoms with Crippen LogP contribution in [0.1, 0.15) is 44.9 Å². The van der Waals surface area contributed by atoms with Gasteiger partial charge in [-0.1, -0.05) is 6.42 Å². The molecule has 1 N–H and O–H groups in total. The molecule has 0 radical (unpaired) electrons. The molecule has 0 aromatic carbocycles. The number of rotatable bonds is 4. The lowest BCUT2D eigenvalue weighted by Gasteiger charge is -2.38. The van der Waals surface area contributed by atoms with Crippen LogP contribution >= 0.6 is 0 Å². The third-order valence-corrected chi connectivity index (χ3v) is 4.58. The molecule has 1 saturated carbocycles. The summed E-state index contributed by atoms with van der Waals surface area (Å²) in [5.41, 5.74) is 0. The largest absolute Gasteiger partial charge is 0.395 e. The van der Waals surface area contributed by atoms with Gasteiger partial charge in [0.05, 0.1) is 12.7 Å². The Balaban J connectivity index is 1.76. The molecule has 1 atom stereocenters. The van der Waals surface area contributed by atoms with Crippen molar-refractivity contribution in [3.63, 3.8) is 0 Å². The summed E-state index contributed by atoms with van der Waals surface area (Å²) in [5, 5.41) is 9.41. The van der Waals surface area contributed by atoms with Gasteiger partial charge in [-0.3, -0.25) is 4.90 Å². The van der Waals surface area contributed by atoms with E-state index in [-0.39, 0.29) is 0 Å². The number of hydrogen-bond donors (Lipinski definition) is 1. The van der Waals surface area contributed by atoms with E-state index >= 15 is 0 Å². The summed E-state index contributed by atoms with van der Waals surface area (Å²) in [6.45, 7) is 2.73. The van der Waals surface area contributed by atoms with Crippen molar-refractivity contribution in [1.29, 1.82) is 0 Å². The Hall–Kier alpha value is -0.120. The van der Waals surface area contributed by atoms with Crippen LogP contribution < -0.4 is 0 Å². The predicted octanol–water partition coefficient (Wildman–Crippen LogP) is 2.04. The maximum Gasteiger partial charge on any atom is 0.0586 e. The van der Waals surface area contributed by atoms with Gasteiger partial charge >= 0.3 is 0 Å². The summed E-state index contributed by atoms with van der Waals surface area (Å²) in [7, 11) is 1.83. The van der Waals surface area contributed by atoms with Crippen LogP contribution in [0, 0.1) is 5.92 Å². The molecule has 0 aromatic rings. The van der Waals surface area contributed by atoms with Crippen molar-refractivity contribution >= 4 is 0 Å². The zero-order chi connectivity index (χ0) is 12.1. The highest BCUT2D eigenvalue weighted by atomic mass is 16.5. The third kappa shape index (κ3) is 3.67. The van der Waals surface area contributed by atoms with Crippen LogP contribution in [-0.4, -0.2) is 49.0 Å². The second-order valence-electron chi connectivity index (χ2n) is 5.71. The first-order chi connectivity index (χ1) is 8.33. The summed E-state index contributed by atoms with van der Waals surface area (Å²) < 4.78 is 5.42. The van der Waals surface area contributed by atoms with Crippen molar-refractivity contribution in [3.8, 4) is 0 Å². The lowest BCUT2D eigenvalue weighted by Crippen LogP contribution is -2.44. The van der Waals surface area contributed by atoms with E-state index in [1.54, 1.807) is 0 Å². The monoisotopic (exact) mass is 241 g/mol. The minimum atomic E-state index is 0.341. The number of aliphatic hydroxyl groups excluding tert-OH is 1. The van der Waals surface area contributed by atoms with Crippen molar-refractivity contribution in [2.75, 3.05) is 26.8 Å². The lowest BCUT2D eigenvalue weighted by molar-refractivity contribution is 0.0325. The quantitative estimate of drug-likeness (QED) is 0.817. The molecule has 0 spiro atoms. The summed E-state index contributed by atoms with van der Waals surface area (Å²) in [4.78, 5) is 2.53. The summed E-state index contributed by atoms with van der Waals surface area (Å²) in [6.07, 6.45) is 9.32. The van der Waals surface area contributed by atoms with Crippen molar-refractivity contribution in [3.05, 3.63) is 0 Å². The first-order valence-electron chi connectivity index (χ1n) is 7.21. The summed E-state index contributed by atoms with van der Waals surface area (Å²) in [5.74, 6) is 0.827. The molecule has 3 heteroatoms. The second-order valence-corrected chi connectivity index (χ2v) is 5.71. The van der Waals surface area contributed by atoms with Crippen LogP contribution in [0.15, 0.2) is 0 Å². The van der Waals surface area contributed by atoms with E-state index in [1.165, 1.54) is 58.0 Å². The van der Waals surface area contributed by atoms with Crippen molar-refractivity contribution in [1.82, 2.24) is 4.90 Å². The first-order valence-corrected chi connectivity index (χ1v) is 7.21. The highest BCUT2D eigenvalue weighted by Crippen LogP contribution is 2.28. The fourth-order valence-electron chi connectivity index (χ4n) is 3.39. The minimum absolute atomic E-state index is 0.341. The molecule has 1 heterocycles. The Morgan fingerprint density at radius 2 is 1.88 bits per heavy atom. The number of likely N-dealkylation sites (tertiary alicyclic amines) is 1. The molecule has 100 valence electrons. The lowest BCUT2D eigenvalue weighted by atomic mass is 9.86. The van der Waals surface area contributed by atoms with Gasteiger partial charge in [-0.25, -0.2) is 0 Å². The molecule has 0 unspecified atom stereocenters. The number of nitrogens with zero attached hydrogens (tertiary/aromatic N) is 1. The summed E-state index contributed by atoms with van der Waals surface area (Å²) >= 11 is 0. The zero-order valence-corrected chi connectivity index (χ0v) is 11.1. The normalized spacial score (nSPS) is 36.0. The van der Waals surface area contributed by atoms with Gasteiger partial charge in [-0.05, 0) is 51.0 Å². The molecule has 1 aliphatic heterocycles. The Morgan fingerprint density at radius 3 is 2.53 bits per heavy atom. The highest BCUT2D eigenvalue weighted by Gasteiger charge is 2.27. The van der Waals surface area contributed by atoms with E-state index in [9.17, 15) is 5.11 Å². The van der Waals surface area contributed by atoms with E-state index in [2.05, 4.69) is 4.90 Å². The van der Waals surface area contributed by atoms with E-state index < -0.39 is 0 Å². The van der Waals surface area contributed by atoms with Gasteiger partial charge in [0.25, 0.3) is 0 Å². The zero-order valence-electron chi connectivity index (χ0n) is 11.1. The van der Waals surface area contributed by atoms with Gasteiger partial charge in [0.2, 0.25) is 0 Å². The molecule has 1 saturated heterocycles. The molecule has 2 fully saturated rings. The molecule has 2 aliphatic rings. The van der Waals surface area contributed by atoms with Gasteiger partial charge < -0.3 is 9.84 Å². The molecule has 3 nitrogen and oxygen atoms in total. The first kappa shape index (κ1) is 13.3. The molecular formula is C14H27NO2. The second kappa shape index (κ2) is 6.72. The number of methoxy groups -OCH3 is 1. The van der Waals surface area contributed by atoms with Gasteiger partial charge in [0, 0.05) is 19.7 Å². The van der Waals surface area contributed by atoms with Crippen LogP contribution in [-0.2, 0) is 4.74 Å². The standard InChI is InChI=1S/C14H27NO2/c1-17-14-7-5-12(6-8-14)10-15-9-3-2-4-13(15)11-16/h12-14,16H,2-11H2,1H3/t12?,13-,14?/m0/s1. The van der Waals surface area contributed by atoms with Crippen LogP contribution in [0.5, 0.6) is 0 Å². The predicted molar refractivity (Wildman–Crippen MR) is 69.1 cm³/mol. The van der Waals surface area contributed by atoms with Crippen LogP contribution in [0.4, 0.5) is 0 Å². The Kier molecular flexibility index (Phi) is 5.26. The fraction of sp³-hybridized carbons (Fsp3) is 1.00. The van der Waals surface area contributed by atoms with Crippen LogP contribution in [0.2, 0.25) is 0 Å². The molecule has 17 heavy (non-hydrogen) atoms. The van der Waals surface area contributed by atoms with Crippen molar-refractivity contribution in [2.45, 2.75) is 57.1 Å². The van der Waals surface area contributed by atoms with Gasteiger partial charge in [-0.15, -0.1) is 0 Å². The topological polar surface area (TPSA) is 32.7 Å². The van der Waals surface area contributed by atoms with Crippen LogP contribution in [0.3, 0.4) is 0 Å². The highest BCUT2D eigenvalue weighted by molar-refractivity contribution is 4.81. The van der Waals surface area contributed by atoms with Gasteiger partial charge in [0.15, 0.2) is 0 Å². The smallest absolute Gasteiger partial charge is 0.0586 e. The fourth-order valence-corrected chi connectivity index (χ4v) is 3.39. The molecule has 2 rings (SSSR count). The van der Waals surface area contributed by atoms with Crippen molar-refractivity contribution in [2.24, 2.45) is 5.92 Å². The molecule has 0 bridgehead atoms. The van der Waals surface area contributed by atoms with E-state index in [1.807, 2.05) is 7.11 Å². The van der Waals surface area contributed by atoms with E-state index in [0.717, 1.165) is 5.92 Å². The number of aliphatic hydroxyl groups is 1. The average Bonchev–Trinajstić information content (AvgIpc) is 2.40. The Morgan fingerprint density at radius 1 is 1.12 bits per heavy atom. The number of ether oxygens (including phenoxy) is 1. The maximum absolute atomic E-state index is 9.41. The SMILES string of the molecule is COC1CCC(CN2CCCC[C@H]2CO)CC1. The molecule has 0 aromatic heterocycles. The van der Waals surface area contributed by atoms with Crippen molar-refractivity contribution < 1.29 is 9.84 Å². The van der Waals surface area contributed by atoms with Crippen LogP contribution in [0.25, 0.3) is 0 Å². The Bertz CT molecular complexity index is 214. The van der Waals surface area contributed by atoms with E-state index in [0.29, 0.717) is 18.8 Å². The minimum Gasteiger partial charge on any atom is -0.395 e. The average molecular weight is 241 g/mol. The third-order valence-electron chi connectivity index (χ3n) is 4.58.